The molecule has 0 N–H and O–H groups in total. The lowest BCUT2D eigenvalue weighted by molar-refractivity contribution is 0.833. The van der Waals surface area contributed by atoms with Crippen molar-refractivity contribution in [3.8, 4) is 0 Å². The van der Waals surface area contributed by atoms with E-state index in [1.165, 1.54) is 21.4 Å². The van der Waals surface area contributed by atoms with Crippen LogP contribution in [0.4, 0.5) is 0 Å². The fourth-order valence-corrected chi connectivity index (χ4v) is 2.89. The molecule has 0 unspecified atom stereocenters. The molecule has 2 heterocycles. The summed E-state index contributed by atoms with van der Waals surface area (Å²) < 4.78 is 1.71. The fourth-order valence-electron chi connectivity index (χ4n) is 1.99. The predicted octanol–water partition coefficient (Wildman–Crippen LogP) is 0.930. The molecule has 0 aliphatic rings. The molecule has 3 rings (SSSR count). The summed E-state index contributed by atoms with van der Waals surface area (Å²) >= 11 is 1.17. The monoisotopic (exact) mass is 299 g/mol. The molecule has 106 valence electrons. The zero-order valence-electron chi connectivity index (χ0n) is 11.7. The number of aryl methyl sites for hydroxylation is 2. The molecule has 0 spiro atoms. The number of hydrogen-bond acceptors (Lipinski definition) is 5. The van der Waals surface area contributed by atoms with E-state index in [-0.39, 0.29) is 11.3 Å². The maximum absolute atomic E-state index is 12.3. The van der Waals surface area contributed by atoms with Crippen LogP contribution < -0.4 is 15.7 Å². The molecule has 0 fully saturated rings. The Morgan fingerprint density at radius 1 is 1.24 bits per heavy atom. The number of fused-ring (bicyclic) bond motifs is 1. The van der Waals surface area contributed by atoms with Gasteiger partial charge in [0.1, 0.15) is 5.69 Å². The van der Waals surface area contributed by atoms with Gasteiger partial charge in [-0.25, -0.2) is 0 Å². The zero-order valence-corrected chi connectivity index (χ0v) is 12.5. The van der Waals surface area contributed by atoms with E-state index in [9.17, 15) is 9.59 Å². The second-order valence-electron chi connectivity index (χ2n) is 4.71. The molecule has 0 radical (unpaired) electrons. The Hall–Kier alpha value is -2.34. The van der Waals surface area contributed by atoms with Gasteiger partial charge >= 0.3 is 0 Å². The molecule has 0 saturated carbocycles. The lowest BCUT2D eigenvalue weighted by Gasteiger charge is -1.96. The molecule has 1 aromatic carbocycles. The van der Waals surface area contributed by atoms with E-state index in [4.69, 9.17) is 0 Å². The molecule has 3 aromatic rings. The number of rotatable bonds is 2. The summed E-state index contributed by atoms with van der Waals surface area (Å²) in [6.45, 7) is 3.64. The van der Waals surface area contributed by atoms with Crippen LogP contribution in [-0.2, 0) is 6.42 Å². The van der Waals surface area contributed by atoms with Crippen LogP contribution in [0.25, 0.3) is 11.0 Å². The lowest BCUT2D eigenvalue weighted by atomic mass is 10.1. The van der Waals surface area contributed by atoms with Crippen LogP contribution in [0.15, 0.2) is 33.9 Å². The fraction of sp³-hybridized carbons (Fsp3) is 0.200. The van der Waals surface area contributed by atoms with Gasteiger partial charge in [0, 0.05) is 0 Å². The summed E-state index contributed by atoms with van der Waals surface area (Å²) in [6, 6.07) is 8.01. The number of hydrogen-bond donors (Lipinski definition) is 0. The second-order valence-corrected chi connectivity index (χ2v) is 5.72. The van der Waals surface area contributed by atoms with Gasteiger partial charge in [-0.2, -0.15) is 14.6 Å². The Bertz CT molecular complexity index is 971. The van der Waals surface area contributed by atoms with Gasteiger partial charge < -0.3 is 0 Å². The van der Waals surface area contributed by atoms with Crippen molar-refractivity contribution in [2.75, 3.05) is 0 Å². The number of aromatic nitrogens is 3. The van der Waals surface area contributed by atoms with Gasteiger partial charge in [-0.3, -0.25) is 9.59 Å². The molecule has 0 saturated heterocycles. The molecular weight excluding hydrogens is 286 g/mol. The van der Waals surface area contributed by atoms with Gasteiger partial charge in [-0.05, 0) is 30.5 Å². The lowest BCUT2D eigenvalue weighted by Crippen LogP contribution is -2.27. The van der Waals surface area contributed by atoms with Crippen LogP contribution in [0, 0.1) is 6.92 Å². The van der Waals surface area contributed by atoms with Crippen molar-refractivity contribution in [2.45, 2.75) is 20.3 Å². The van der Waals surface area contributed by atoms with Crippen molar-refractivity contribution in [2.24, 2.45) is 0 Å². The smallest absolute Gasteiger partial charge is 0.266 e. The van der Waals surface area contributed by atoms with Crippen molar-refractivity contribution >= 4 is 22.4 Å². The van der Waals surface area contributed by atoms with Crippen LogP contribution in [0.5, 0.6) is 0 Å². The van der Waals surface area contributed by atoms with E-state index in [1.54, 1.807) is 13.0 Å². The van der Waals surface area contributed by atoms with Gasteiger partial charge in [-0.1, -0.05) is 42.5 Å². The van der Waals surface area contributed by atoms with Crippen LogP contribution >= 0.6 is 11.3 Å². The van der Waals surface area contributed by atoms with E-state index >= 15 is 0 Å². The zero-order chi connectivity index (χ0) is 15.0. The molecule has 0 amide bonds. The Kier molecular flexibility index (Phi) is 3.39. The highest BCUT2D eigenvalue weighted by Gasteiger charge is 2.08. The summed E-state index contributed by atoms with van der Waals surface area (Å²) in [5.74, 6) is 0. The maximum atomic E-state index is 12.3. The standard InChI is InChI=1S/C15H13N3O2S/c1-3-10-4-6-11(7-5-10)8-12-14(20)18-15(21-12)16-13(19)9(2)17-18/h4-8H,3H2,1-2H3. The van der Waals surface area contributed by atoms with E-state index in [0.717, 1.165) is 12.0 Å². The van der Waals surface area contributed by atoms with Crippen molar-refractivity contribution < 1.29 is 0 Å². The summed E-state index contributed by atoms with van der Waals surface area (Å²) in [7, 11) is 0. The minimum atomic E-state index is -0.393. The summed E-state index contributed by atoms with van der Waals surface area (Å²) in [6.07, 6.45) is 2.77. The van der Waals surface area contributed by atoms with Crippen molar-refractivity contribution in [1.29, 1.82) is 0 Å². The summed E-state index contributed by atoms with van der Waals surface area (Å²) in [5.41, 5.74) is 1.77. The van der Waals surface area contributed by atoms with Gasteiger partial charge in [0.15, 0.2) is 0 Å². The highest BCUT2D eigenvalue weighted by molar-refractivity contribution is 7.15. The molecule has 2 aromatic heterocycles. The molecule has 0 bridgehead atoms. The first-order valence-corrected chi connectivity index (χ1v) is 7.41. The Balaban J connectivity index is 2.19. The van der Waals surface area contributed by atoms with E-state index in [1.807, 2.05) is 24.3 Å². The molecule has 6 heteroatoms. The highest BCUT2D eigenvalue weighted by Crippen LogP contribution is 2.06. The van der Waals surface area contributed by atoms with E-state index in [2.05, 4.69) is 17.0 Å². The largest absolute Gasteiger partial charge is 0.295 e. The summed E-state index contributed by atoms with van der Waals surface area (Å²) in [4.78, 5) is 27.9. The number of benzene rings is 1. The predicted molar refractivity (Wildman–Crippen MR) is 82.7 cm³/mol. The van der Waals surface area contributed by atoms with Crippen molar-refractivity contribution in [1.82, 2.24) is 14.6 Å². The van der Waals surface area contributed by atoms with Crippen LogP contribution in [0.1, 0.15) is 23.7 Å². The average molecular weight is 299 g/mol. The SMILES string of the molecule is CCc1ccc(C=c2sc3nc(=O)c(C)nn3c2=O)cc1. The van der Waals surface area contributed by atoms with E-state index < -0.39 is 5.56 Å². The topological polar surface area (TPSA) is 64.3 Å². The second kappa shape index (κ2) is 5.21. The number of thiazole rings is 1. The molecule has 0 atom stereocenters. The molecule has 21 heavy (non-hydrogen) atoms. The van der Waals surface area contributed by atoms with Crippen molar-refractivity contribution in [3.05, 3.63) is 66.3 Å². The minimum Gasteiger partial charge on any atom is -0.266 e. The van der Waals surface area contributed by atoms with Crippen molar-refractivity contribution in [3.63, 3.8) is 0 Å². The normalized spacial score (nSPS) is 12.2. The summed E-state index contributed by atoms with van der Waals surface area (Å²) in [5, 5.41) is 3.98. The Morgan fingerprint density at radius 2 is 1.95 bits per heavy atom. The van der Waals surface area contributed by atoms with Gasteiger partial charge in [0.2, 0.25) is 4.96 Å². The van der Waals surface area contributed by atoms with Crippen LogP contribution in [-0.4, -0.2) is 14.6 Å². The Labute approximate surface area is 124 Å². The third kappa shape index (κ3) is 2.50. The van der Waals surface area contributed by atoms with Gasteiger partial charge in [-0.15, -0.1) is 0 Å². The third-order valence-corrected chi connectivity index (χ3v) is 4.19. The molecule has 5 nitrogen and oxygen atoms in total. The van der Waals surface area contributed by atoms with Gasteiger partial charge in [0.05, 0.1) is 4.53 Å². The first kappa shape index (κ1) is 13.6. The maximum Gasteiger partial charge on any atom is 0.295 e. The quantitative estimate of drug-likeness (QED) is 0.706. The number of nitrogens with zero attached hydrogens (tertiary/aromatic N) is 3. The van der Waals surface area contributed by atoms with Crippen LogP contribution in [0.2, 0.25) is 0 Å². The van der Waals surface area contributed by atoms with Gasteiger partial charge in [0.25, 0.3) is 11.1 Å². The Morgan fingerprint density at radius 3 is 2.62 bits per heavy atom. The molecule has 0 aliphatic heterocycles. The van der Waals surface area contributed by atoms with E-state index in [0.29, 0.717) is 9.49 Å². The molecular formula is C15H13N3O2S. The first-order valence-electron chi connectivity index (χ1n) is 6.59. The van der Waals surface area contributed by atoms with Crippen LogP contribution in [0.3, 0.4) is 0 Å². The highest BCUT2D eigenvalue weighted by atomic mass is 32.1. The molecule has 0 aliphatic carbocycles. The third-order valence-electron chi connectivity index (χ3n) is 3.23. The first-order chi connectivity index (χ1) is 10.1. The average Bonchev–Trinajstić information content (AvgIpc) is 2.77. The minimum absolute atomic E-state index is 0.223.